The molecule has 20 heavy (non-hydrogen) atoms. The molecule has 1 aliphatic heterocycles. The molecule has 4 rings (SSSR count). The quantitative estimate of drug-likeness (QED) is 0.857. The van der Waals surface area contributed by atoms with E-state index in [9.17, 15) is 4.79 Å². The van der Waals surface area contributed by atoms with Crippen LogP contribution in [-0.4, -0.2) is 36.1 Å². The van der Waals surface area contributed by atoms with Crippen LogP contribution in [0, 0.1) is 5.41 Å². The number of nitrogens with one attached hydrogen (secondary N) is 1. The topological polar surface area (TPSA) is 71.2 Å². The molecule has 4 unspecified atom stereocenters. The minimum absolute atomic E-state index is 0.415. The number of carbonyl (C=O) groups excluding carboxylic acids is 1. The zero-order chi connectivity index (χ0) is 13.9. The molecule has 5 heteroatoms. The number of aromatic nitrogens is 1. The lowest BCUT2D eigenvalue weighted by molar-refractivity contribution is -0.0172. The predicted octanol–water partition coefficient (Wildman–Crippen LogP) is 0.900. The molecular formula is C15H20N4O. The SMILES string of the molecule is CNC1CC2N(c3ccc(C(N)=O)cn3)C3CCC32C1. The van der Waals surface area contributed by atoms with Gasteiger partial charge in [0.2, 0.25) is 5.91 Å². The first kappa shape index (κ1) is 12.1. The molecule has 1 spiro atoms. The van der Waals surface area contributed by atoms with E-state index in [1.165, 1.54) is 25.7 Å². The largest absolute Gasteiger partial charge is 0.366 e. The van der Waals surface area contributed by atoms with Gasteiger partial charge in [0.25, 0.3) is 0 Å². The highest BCUT2D eigenvalue weighted by molar-refractivity contribution is 5.92. The average Bonchev–Trinajstić information content (AvgIpc) is 2.82. The van der Waals surface area contributed by atoms with E-state index >= 15 is 0 Å². The van der Waals surface area contributed by atoms with Crippen molar-refractivity contribution in [3.05, 3.63) is 23.9 Å². The van der Waals surface area contributed by atoms with Gasteiger partial charge in [-0.25, -0.2) is 4.98 Å². The highest BCUT2D eigenvalue weighted by atomic mass is 16.1. The number of hydrogen-bond donors (Lipinski definition) is 2. The Morgan fingerprint density at radius 1 is 1.50 bits per heavy atom. The Hall–Kier alpha value is -1.62. The van der Waals surface area contributed by atoms with Crippen LogP contribution in [0.5, 0.6) is 0 Å². The summed E-state index contributed by atoms with van der Waals surface area (Å²) in [6, 6.07) is 5.63. The Labute approximate surface area is 118 Å². The van der Waals surface area contributed by atoms with Crippen molar-refractivity contribution >= 4 is 11.7 Å². The average molecular weight is 272 g/mol. The van der Waals surface area contributed by atoms with Gasteiger partial charge in [-0.2, -0.15) is 0 Å². The standard InChI is InChI=1S/C15H20N4O/c1-17-10-6-12-15(7-10)5-4-11(15)19(12)13-3-2-9(8-18-13)14(16)20/h2-3,8,10-12,17H,4-7H2,1H3,(H2,16,20). The fourth-order valence-corrected chi connectivity index (χ4v) is 4.62. The highest BCUT2D eigenvalue weighted by Gasteiger charge is 2.69. The van der Waals surface area contributed by atoms with Crippen LogP contribution < -0.4 is 16.0 Å². The molecule has 106 valence electrons. The van der Waals surface area contributed by atoms with E-state index in [2.05, 4.69) is 22.2 Å². The zero-order valence-electron chi connectivity index (χ0n) is 11.7. The van der Waals surface area contributed by atoms with Crippen LogP contribution in [0.25, 0.3) is 0 Å². The van der Waals surface area contributed by atoms with E-state index in [0.717, 1.165) is 5.82 Å². The maximum absolute atomic E-state index is 11.1. The summed E-state index contributed by atoms with van der Waals surface area (Å²) < 4.78 is 0. The summed E-state index contributed by atoms with van der Waals surface area (Å²) in [6.45, 7) is 0. The van der Waals surface area contributed by atoms with Gasteiger partial charge in [0.1, 0.15) is 5.82 Å². The second kappa shape index (κ2) is 3.95. The molecule has 1 aromatic rings. The first-order chi connectivity index (χ1) is 9.65. The number of nitrogens with zero attached hydrogens (tertiary/aromatic N) is 2. The van der Waals surface area contributed by atoms with Crippen molar-refractivity contribution in [1.82, 2.24) is 10.3 Å². The molecule has 2 aliphatic carbocycles. The number of nitrogens with two attached hydrogens (primary N) is 1. The number of primary amides is 1. The van der Waals surface area contributed by atoms with Crippen LogP contribution >= 0.6 is 0 Å². The Morgan fingerprint density at radius 3 is 2.90 bits per heavy atom. The van der Waals surface area contributed by atoms with Crippen LogP contribution in [0.4, 0.5) is 5.82 Å². The third-order valence-electron chi connectivity index (χ3n) is 5.72. The van der Waals surface area contributed by atoms with Crippen molar-refractivity contribution in [1.29, 1.82) is 0 Å². The summed E-state index contributed by atoms with van der Waals surface area (Å²) in [5.74, 6) is 0.582. The molecule has 2 saturated carbocycles. The second-order valence-corrected chi connectivity index (χ2v) is 6.41. The van der Waals surface area contributed by atoms with Crippen LogP contribution in [0.2, 0.25) is 0 Å². The van der Waals surface area contributed by atoms with Crippen LogP contribution in [-0.2, 0) is 0 Å². The van der Waals surface area contributed by atoms with Crippen molar-refractivity contribution in [3.8, 4) is 0 Å². The third-order valence-corrected chi connectivity index (χ3v) is 5.72. The van der Waals surface area contributed by atoms with Crippen molar-refractivity contribution < 1.29 is 4.79 Å². The minimum atomic E-state index is -0.415. The van der Waals surface area contributed by atoms with Gasteiger partial charge in [0, 0.05) is 29.7 Å². The molecule has 0 bridgehead atoms. The summed E-state index contributed by atoms with van der Waals surface area (Å²) in [5.41, 5.74) is 6.29. The van der Waals surface area contributed by atoms with Crippen molar-refractivity contribution in [2.24, 2.45) is 11.1 Å². The monoisotopic (exact) mass is 272 g/mol. The molecule has 3 fully saturated rings. The summed E-state index contributed by atoms with van der Waals surface area (Å²) >= 11 is 0. The number of rotatable bonds is 3. The number of piperidine rings is 1. The highest BCUT2D eigenvalue weighted by Crippen LogP contribution is 2.65. The molecule has 1 saturated heterocycles. The van der Waals surface area contributed by atoms with Gasteiger partial charge in [-0.15, -0.1) is 0 Å². The lowest BCUT2D eigenvalue weighted by Gasteiger charge is -2.68. The fourth-order valence-electron chi connectivity index (χ4n) is 4.62. The normalized spacial score (nSPS) is 37.6. The third kappa shape index (κ3) is 1.36. The molecule has 3 N–H and O–H groups in total. The van der Waals surface area contributed by atoms with Crippen molar-refractivity contribution in [2.45, 2.75) is 43.8 Å². The number of amides is 1. The molecule has 4 atom stereocenters. The summed E-state index contributed by atoms with van der Waals surface area (Å²) in [7, 11) is 2.06. The van der Waals surface area contributed by atoms with Gasteiger partial charge in [-0.05, 0) is 44.9 Å². The molecular weight excluding hydrogens is 252 g/mol. The van der Waals surface area contributed by atoms with Crippen LogP contribution in [0.3, 0.4) is 0 Å². The second-order valence-electron chi connectivity index (χ2n) is 6.41. The van der Waals surface area contributed by atoms with E-state index in [1.807, 2.05) is 6.07 Å². The maximum atomic E-state index is 11.1. The van der Waals surface area contributed by atoms with E-state index in [4.69, 9.17) is 5.73 Å². The van der Waals surface area contributed by atoms with Gasteiger partial charge in [-0.3, -0.25) is 4.79 Å². The predicted molar refractivity (Wildman–Crippen MR) is 76.6 cm³/mol. The molecule has 5 nitrogen and oxygen atoms in total. The van der Waals surface area contributed by atoms with Gasteiger partial charge < -0.3 is 16.0 Å². The molecule has 2 heterocycles. The smallest absolute Gasteiger partial charge is 0.250 e. The van der Waals surface area contributed by atoms with E-state index in [-0.39, 0.29) is 0 Å². The molecule has 0 aromatic carbocycles. The van der Waals surface area contributed by atoms with Crippen molar-refractivity contribution in [3.63, 3.8) is 0 Å². The molecule has 1 amide bonds. The summed E-state index contributed by atoms with van der Waals surface area (Å²) in [6.07, 6.45) is 6.73. The van der Waals surface area contributed by atoms with Crippen molar-refractivity contribution in [2.75, 3.05) is 11.9 Å². The van der Waals surface area contributed by atoms with Gasteiger partial charge in [0.15, 0.2) is 0 Å². The molecule has 1 aromatic heterocycles. The molecule has 3 aliphatic rings. The first-order valence-electron chi connectivity index (χ1n) is 7.37. The number of carbonyl (C=O) groups is 1. The van der Waals surface area contributed by atoms with Crippen LogP contribution in [0.15, 0.2) is 18.3 Å². The Balaban J connectivity index is 1.59. The Kier molecular flexibility index (Phi) is 2.40. The first-order valence-corrected chi connectivity index (χ1v) is 7.37. The number of hydrogen-bond acceptors (Lipinski definition) is 4. The van der Waals surface area contributed by atoms with Gasteiger partial charge >= 0.3 is 0 Å². The Bertz CT molecular complexity index is 557. The lowest BCUT2D eigenvalue weighted by Crippen LogP contribution is -2.75. The zero-order valence-corrected chi connectivity index (χ0v) is 11.7. The Morgan fingerprint density at radius 2 is 2.35 bits per heavy atom. The van der Waals surface area contributed by atoms with E-state index in [1.54, 1.807) is 12.3 Å². The van der Waals surface area contributed by atoms with Gasteiger partial charge in [-0.1, -0.05) is 0 Å². The molecule has 0 radical (unpaired) electrons. The minimum Gasteiger partial charge on any atom is -0.366 e. The maximum Gasteiger partial charge on any atom is 0.250 e. The van der Waals surface area contributed by atoms with E-state index in [0.29, 0.717) is 29.1 Å². The summed E-state index contributed by atoms with van der Waals surface area (Å²) in [5, 5.41) is 3.43. The van der Waals surface area contributed by atoms with E-state index < -0.39 is 5.91 Å². The number of pyridine rings is 1. The number of anilines is 1. The summed E-state index contributed by atoms with van der Waals surface area (Å²) in [4.78, 5) is 18.0. The van der Waals surface area contributed by atoms with Crippen LogP contribution in [0.1, 0.15) is 36.0 Å². The van der Waals surface area contributed by atoms with Gasteiger partial charge in [0.05, 0.1) is 5.56 Å². The fraction of sp³-hybridized carbons (Fsp3) is 0.600. The lowest BCUT2D eigenvalue weighted by atomic mass is 9.53.